The molecule has 29 heavy (non-hydrogen) atoms. The Kier molecular flexibility index (Phi) is 3.64. The van der Waals surface area contributed by atoms with Crippen molar-refractivity contribution in [1.82, 2.24) is 14.5 Å². The summed E-state index contributed by atoms with van der Waals surface area (Å²) in [6.07, 6.45) is 3.52. The molecule has 1 aromatic carbocycles. The van der Waals surface area contributed by atoms with E-state index in [9.17, 15) is 19.1 Å². The van der Waals surface area contributed by atoms with E-state index in [-0.39, 0.29) is 29.6 Å². The van der Waals surface area contributed by atoms with E-state index in [1.54, 1.807) is 19.3 Å². The third kappa shape index (κ3) is 2.58. The molecule has 1 aromatic heterocycles. The molecule has 1 aliphatic carbocycles. The van der Waals surface area contributed by atoms with Crippen molar-refractivity contribution in [2.75, 3.05) is 13.6 Å². The number of imidazole rings is 1. The number of rotatable bonds is 1. The molecule has 3 aliphatic heterocycles. The number of carbonyl (C=O) groups is 2. The van der Waals surface area contributed by atoms with E-state index >= 15 is 0 Å². The van der Waals surface area contributed by atoms with Crippen LogP contribution in [0.5, 0.6) is 0 Å². The van der Waals surface area contributed by atoms with Gasteiger partial charge in [0.25, 0.3) is 11.8 Å². The lowest BCUT2D eigenvalue weighted by Crippen LogP contribution is -2.37. The number of likely N-dealkylation sites (N-methyl/N-ethyl adjacent to an activating group) is 1. The van der Waals surface area contributed by atoms with Gasteiger partial charge in [0.05, 0.1) is 5.56 Å². The summed E-state index contributed by atoms with van der Waals surface area (Å²) in [6.45, 7) is 0.396. The third-order valence-corrected chi connectivity index (χ3v) is 6.22. The highest BCUT2D eigenvalue weighted by Crippen LogP contribution is 2.52. The molecule has 0 radical (unpaired) electrons. The summed E-state index contributed by atoms with van der Waals surface area (Å²) in [4.78, 5) is 29.5. The molecule has 1 atom stereocenters. The Morgan fingerprint density at radius 3 is 2.83 bits per heavy atom. The Morgan fingerprint density at radius 2 is 2.17 bits per heavy atom. The normalized spacial score (nSPS) is 26.7. The van der Waals surface area contributed by atoms with Gasteiger partial charge in [-0.1, -0.05) is 11.8 Å². The first kappa shape index (κ1) is 17.9. The van der Waals surface area contributed by atoms with Crippen molar-refractivity contribution in [3.05, 3.63) is 41.0 Å². The van der Waals surface area contributed by atoms with Gasteiger partial charge in [0.2, 0.25) is 5.60 Å². The van der Waals surface area contributed by atoms with Gasteiger partial charge in [-0.05, 0) is 36.5 Å². The van der Waals surface area contributed by atoms with Crippen LogP contribution in [0.15, 0.2) is 18.3 Å². The third-order valence-electron chi connectivity index (χ3n) is 6.22. The van der Waals surface area contributed by atoms with Crippen molar-refractivity contribution in [2.24, 2.45) is 5.73 Å². The zero-order valence-corrected chi connectivity index (χ0v) is 15.8. The second kappa shape index (κ2) is 5.91. The zero-order valence-electron chi connectivity index (χ0n) is 15.8. The van der Waals surface area contributed by atoms with Gasteiger partial charge < -0.3 is 20.3 Å². The Labute approximate surface area is 166 Å². The van der Waals surface area contributed by atoms with Gasteiger partial charge in [-0.15, -0.1) is 0 Å². The van der Waals surface area contributed by atoms with Crippen molar-refractivity contribution < 1.29 is 19.1 Å². The van der Waals surface area contributed by atoms with Crippen LogP contribution in [-0.2, 0) is 4.79 Å². The van der Waals surface area contributed by atoms with Crippen LogP contribution in [0.1, 0.15) is 52.8 Å². The maximum Gasteiger partial charge on any atom is 0.268 e. The lowest BCUT2D eigenvalue weighted by Gasteiger charge is -2.34. The second-order valence-electron chi connectivity index (χ2n) is 8.05. The SMILES string of the molecule is CN1CC[C@](O)(C#Cc2cc3c(cc2F)C2CC(C2)n2cc(C(N)=O)nc2-3)C1=O. The molecule has 2 aromatic rings. The van der Waals surface area contributed by atoms with Crippen molar-refractivity contribution in [2.45, 2.75) is 36.8 Å². The molecule has 4 aliphatic rings. The number of amides is 2. The fourth-order valence-electron chi connectivity index (χ4n) is 4.42. The van der Waals surface area contributed by atoms with E-state index in [2.05, 4.69) is 16.8 Å². The molecule has 0 spiro atoms. The average molecular weight is 394 g/mol. The van der Waals surface area contributed by atoms with Gasteiger partial charge in [0.15, 0.2) is 0 Å². The van der Waals surface area contributed by atoms with Gasteiger partial charge in [0.1, 0.15) is 17.3 Å². The molecule has 6 rings (SSSR count). The van der Waals surface area contributed by atoms with Gasteiger partial charge in [-0.2, -0.15) is 0 Å². The van der Waals surface area contributed by atoms with E-state index in [4.69, 9.17) is 5.73 Å². The summed E-state index contributed by atoms with van der Waals surface area (Å²) in [5, 5.41) is 10.5. The van der Waals surface area contributed by atoms with Crippen LogP contribution in [0.2, 0.25) is 0 Å². The molecule has 1 saturated carbocycles. The van der Waals surface area contributed by atoms with Crippen LogP contribution < -0.4 is 5.73 Å². The highest BCUT2D eigenvalue weighted by Gasteiger charge is 2.43. The van der Waals surface area contributed by atoms with Crippen molar-refractivity contribution in [1.29, 1.82) is 0 Å². The van der Waals surface area contributed by atoms with Crippen LogP contribution in [0, 0.1) is 17.7 Å². The van der Waals surface area contributed by atoms with E-state index in [0.29, 0.717) is 17.9 Å². The predicted molar refractivity (Wildman–Crippen MR) is 101 cm³/mol. The number of hydrogen-bond acceptors (Lipinski definition) is 4. The van der Waals surface area contributed by atoms with E-state index in [1.807, 2.05) is 4.57 Å². The molecule has 2 fully saturated rings. The standard InChI is InChI=1S/C21H19FN4O3/c1-25-5-4-21(29,20(25)28)3-2-11-8-15-14(9-16(11)22)12-6-13(7-12)26-10-17(18(23)27)24-19(15)26/h8-10,12-13,29H,4-7H2,1H3,(H2,23,27)/t12?,13?,21-/m1/s1. The molecule has 1 saturated heterocycles. The summed E-state index contributed by atoms with van der Waals surface area (Å²) in [5.74, 6) is 4.40. The largest absolute Gasteiger partial charge is 0.369 e. The highest BCUT2D eigenvalue weighted by atomic mass is 19.1. The Hall–Kier alpha value is -3.18. The summed E-state index contributed by atoms with van der Waals surface area (Å²) in [6, 6.07) is 3.25. The van der Waals surface area contributed by atoms with Crippen LogP contribution >= 0.6 is 0 Å². The summed E-state index contributed by atoms with van der Waals surface area (Å²) < 4.78 is 16.7. The van der Waals surface area contributed by atoms with E-state index in [0.717, 1.165) is 18.4 Å². The lowest BCUT2D eigenvalue weighted by molar-refractivity contribution is -0.137. The number of aromatic nitrogens is 2. The fraction of sp³-hybridized carbons (Fsp3) is 0.381. The number of benzene rings is 1. The molecule has 2 amide bonds. The molecule has 7 nitrogen and oxygen atoms in total. The molecule has 4 heterocycles. The van der Waals surface area contributed by atoms with Gasteiger partial charge in [-0.3, -0.25) is 9.59 Å². The molecule has 148 valence electrons. The smallest absolute Gasteiger partial charge is 0.268 e. The first-order chi connectivity index (χ1) is 13.8. The minimum Gasteiger partial charge on any atom is -0.369 e. The maximum atomic E-state index is 14.8. The number of carbonyl (C=O) groups excluding carboxylic acids is 2. The van der Waals surface area contributed by atoms with Gasteiger partial charge >= 0.3 is 0 Å². The van der Waals surface area contributed by atoms with Crippen molar-refractivity contribution >= 4 is 11.8 Å². The molecule has 2 bridgehead atoms. The Balaban J connectivity index is 1.62. The minimum absolute atomic E-state index is 0.0776. The van der Waals surface area contributed by atoms with Crippen molar-refractivity contribution in [3.8, 4) is 23.2 Å². The molecular formula is C21H19FN4O3. The summed E-state index contributed by atoms with van der Waals surface area (Å²) in [5.41, 5.74) is 5.38. The van der Waals surface area contributed by atoms with Gasteiger partial charge in [0, 0.05) is 37.8 Å². The van der Waals surface area contributed by atoms with Crippen LogP contribution in [0.3, 0.4) is 0 Å². The first-order valence-electron chi connectivity index (χ1n) is 9.50. The maximum absolute atomic E-state index is 14.8. The Bertz CT molecular complexity index is 1140. The van der Waals surface area contributed by atoms with Crippen LogP contribution in [0.4, 0.5) is 4.39 Å². The molecular weight excluding hydrogens is 375 g/mol. The lowest BCUT2D eigenvalue weighted by atomic mass is 9.75. The number of nitrogens with two attached hydrogens (primary N) is 1. The Morgan fingerprint density at radius 1 is 1.41 bits per heavy atom. The number of halogens is 1. The predicted octanol–water partition coefficient (Wildman–Crippen LogP) is 1.16. The first-order valence-corrected chi connectivity index (χ1v) is 9.50. The molecule has 3 N–H and O–H groups in total. The highest BCUT2D eigenvalue weighted by molar-refractivity contribution is 5.92. The number of primary amides is 1. The van der Waals surface area contributed by atoms with Crippen LogP contribution in [0.25, 0.3) is 11.4 Å². The molecule has 0 unspecified atom stereocenters. The van der Waals surface area contributed by atoms with E-state index in [1.165, 1.54) is 11.0 Å². The van der Waals surface area contributed by atoms with Gasteiger partial charge in [-0.25, -0.2) is 9.37 Å². The summed E-state index contributed by atoms with van der Waals surface area (Å²) >= 11 is 0. The quantitative estimate of drug-likeness (QED) is 0.709. The number of nitrogens with zero attached hydrogens (tertiary/aromatic N) is 3. The topological polar surface area (TPSA) is 101 Å². The average Bonchev–Trinajstić information content (AvgIpc) is 3.12. The number of hydrogen-bond donors (Lipinski definition) is 2. The summed E-state index contributed by atoms with van der Waals surface area (Å²) in [7, 11) is 1.59. The number of aliphatic hydroxyl groups is 1. The van der Waals surface area contributed by atoms with Crippen molar-refractivity contribution in [3.63, 3.8) is 0 Å². The second-order valence-corrected chi connectivity index (χ2v) is 8.05. The monoisotopic (exact) mass is 394 g/mol. The minimum atomic E-state index is -1.80. The fourth-order valence-corrected chi connectivity index (χ4v) is 4.42. The van der Waals surface area contributed by atoms with E-state index < -0.39 is 23.2 Å². The molecule has 8 heteroatoms. The zero-order chi connectivity index (χ0) is 20.5. The van der Waals surface area contributed by atoms with Crippen LogP contribution in [-0.4, -0.2) is 50.6 Å². The number of likely N-dealkylation sites (tertiary alicyclic amines) is 1.